The van der Waals surface area contributed by atoms with Gasteiger partial charge >= 0.3 is 6.09 Å². The Kier molecular flexibility index (Phi) is 3.29. The highest BCUT2D eigenvalue weighted by Gasteiger charge is 2.23. The quantitative estimate of drug-likeness (QED) is 0.868. The van der Waals surface area contributed by atoms with E-state index in [9.17, 15) is 9.90 Å². The van der Waals surface area contributed by atoms with Crippen LogP contribution in [0.15, 0.2) is 18.2 Å². The molecule has 5 nitrogen and oxygen atoms in total. The van der Waals surface area contributed by atoms with Crippen LogP contribution in [0.5, 0.6) is 5.75 Å². The number of aliphatic hydroxyl groups excluding tert-OH is 1. The Balaban J connectivity index is 1.64. The van der Waals surface area contributed by atoms with E-state index in [1.807, 2.05) is 18.2 Å². The molecule has 1 aromatic rings. The van der Waals surface area contributed by atoms with Crippen molar-refractivity contribution in [2.75, 3.05) is 13.2 Å². The lowest BCUT2D eigenvalue weighted by Crippen LogP contribution is -2.22. The minimum absolute atomic E-state index is 0.228. The fourth-order valence-electron chi connectivity index (χ4n) is 2.57. The van der Waals surface area contributed by atoms with Gasteiger partial charge in [-0.1, -0.05) is 6.07 Å². The number of nitrogens with one attached hydrogen (secondary N) is 1. The van der Waals surface area contributed by atoms with Crippen molar-refractivity contribution in [3.8, 4) is 5.75 Å². The largest absolute Gasteiger partial charge is 0.490 e. The summed E-state index contributed by atoms with van der Waals surface area (Å²) in [5.74, 6) is 0.760. The number of fused-ring (bicyclic) bond motifs is 1. The van der Waals surface area contributed by atoms with E-state index in [4.69, 9.17) is 9.47 Å². The summed E-state index contributed by atoms with van der Waals surface area (Å²) in [5, 5.41) is 12.5. The van der Waals surface area contributed by atoms with E-state index in [0.717, 1.165) is 36.1 Å². The molecule has 1 fully saturated rings. The van der Waals surface area contributed by atoms with Crippen molar-refractivity contribution in [1.82, 2.24) is 5.32 Å². The maximum atomic E-state index is 10.9. The zero-order valence-corrected chi connectivity index (χ0v) is 10.6. The van der Waals surface area contributed by atoms with E-state index in [-0.39, 0.29) is 18.3 Å². The predicted octanol–water partition coefficient (Wildman–Crippen LogP) is 1.54. The lowest BCUT2D eigenvalue weighted by molar-refractivity contribution is 0.104. The minimum Gasteiger partial charge on any atom is -0.490 e. The van der Waals surface area contributed by atoms with Crippen molar-refractivity contribution >= 4 is 6.09 Å². The number of ether oxygens (including phenoxy) is 2. The zero-order valence-electron chi connectivity index (χ0n) is 10.6. The SMILES string of the molecule is O=C1NCC(COc2ccc3c(c2)CCCC3O)O1. The molecule has 1 aliphatic heterocycles. The molecule has 19 heavy (non-hydrogen) atoms. The molecule has 102 valence electrons. The second-order valence-electron chi connectivity index (χ2n) is 4.99. The molecule has 0 spiro atoms. The van der Waals surface area contributed by atoms with E-state index < -0.39 is 0 Å². The maximum absolute atomic E-state index is 10.9. The molecule has 0 saturated carbocycles. The normalized spacial score (nSPS) is 25.4. The van der Waals surface area contributed by atoms with Gasteiger partial charge in [-0.25, -0.2) is 4.79 Å². The Morgan fingerprint density at radius 1 is 1.47 bits per heavy atom. The third-order valence-electron chi connectivity index (χ3n) is 3.58. The maximum Gasteiger partial charge on any atom is 0.407 e. The Bertz CT molecular complexity index is 488. The van der Waals surface area contributed by atoms with Gasteiger partial charge in [0.2, 0.25) is 0 Å². The fourth-order valence-corrected chi connectivity index (χ4v) is 2.57. The molecule has 0 bridgehead atoms. The summed E-state index contributed by atoms with van der Waals surface area (Å²) < 4.78 is 10.6. The summed E-state index contributed by atoms with van der Waals surface area (Å²) in [4.78, 5) is 10.9. The van der Waals surface area contributed by atoms with Gasteiger partial charge < -0.3 is 19.9 Å². The number of hydrogen-bond acceptors (Lipinski definition) is 4. The van der Waals surface area contributed by atoms with Crippen LogP contribution >= 0.6 is 0 Å². The van der Waals surface area contributed by atoms with Gasteiger partial charge in [-0.15, -0.1) is 0 Å². The number of rotatable bonds is 3. The van der Waals surface area contributed by atoms with E-state index in [0.29, 0.717) is 13.2 Å². The monoisotopic (exact) mass is 263 g/mol. The number of benzene rings is 1. The molecular weight excluding hydrogens is 246 g/mol. The molecular formula is C14H17NO4. The molecule has 2 aliphatic rings. The molecule has 1 aliphatic carbocycles. The second-order valence-corrected chi connectivity index (χ2v) is 4.99. The zero-order chi connectivity index (χ0) is 13.2. The number of alkyl carbamates (subject to hydrolysis) is 1. The van der Waals surface area contributed by atoms with Crippen LogP contribution < -0.4 is 10.1 Å². The van der Waals surface area contributed by atoms with Crippen molar-refractivity contribution in [3.05, 3.63) is 29.3 Å². The average molecular weight is 263 g/mol. The average Bonchev–Trinajstić information content (AvgIpc) is 2.82. The van der Waals surface area contributed by atoms with Crippen LogP contribution in [0, 0.1) is 0 Å². The van der Waals surface area contributed by atoms with Gasteiger partial charge in [0.05, 0.1) is 12.6 Å². The Labute approximate surface area is 111 Å². The topological polar surface area (TPSA) is 67.8 Å². The minimum atomic E-state index is -0.387. The number of amides is 1. The smallest absolute Gasteiger partial charge is 0.407 e. The van der Waals surface area contributed by atoms with Crippen molar-refractivity contribution in [2.45, 2.75) is 31.5 Å². The number of aryl methyl sites for hydroxylation is 1. The predicted molar refractivity (Wildman–Crippen MR) is 68.1 cm³/mol. The highest BCUT2D eigenvalue weighted by atomic mass is 16.6. The third kappa shape index (κ3) is 2.66. The first-order valence-corrected chi connectivity index (χ1v) is 6.60. The fraction of sp³-hybridized carbons (Fsp3) is 0.500. The third-order valence-corrected chi connectivity index (χ3v) is 3.58. The number of carbonyl (C=O) groups is 1. The summed E-state index contributed by atoms with van der Waals surface area (Å²) >= 11 is 0. The number of hydrogen-bond donors (Lipinski definition) is 2. The van der Waals surface area contributed by atoms with E-state index in [1.54, 1.807) is 0 Å². The molecule has 3 rings (SSSR count). The van der Waals surface area contributed by atoms with E-state index >= 15 is 0 Å². The summed E-state index contributed by atoms with van der Waals surface area (Å²) in [5.41, 5.74) is 2.16. The summed E-state index contributed by atoms with van der Waals surface area (Å²) in [6, 6.07) is 5.76. The molecule has 0 radical (unpaired) electrons. The first kappa shape index (κ1) is 12.3. The van der Waals surface area contributed by atoms with Crippen LogP contribution in [0.2, 0.25) is 0 Å². The highest BCUT2D eigenvalue weighted by molar-refractivity contribution is 5.69. The molecule has 2 atom stereocenters. The van der Waals surface area contributed by atoms with Crippen molar-refractivity contribution in [1.29, 1.82) is 0 Å². The highest BCUT2D eigenvalue weighted by Crippen LogP contribution is 2.31. The Morgan fingerprint density at radius 3 is 3.16 bits per heavy atom. The van der Waals surface area contributed by atoms with Crippen molar-refractivity contribution in [3.63, 3.8) is 0 Å². The lowest BCUT2D eigenvalue weighted by atomic mass is 9.89. The number of cyclic esters (lactones) is 1. The standard InChI is InChI=1S/C14H17NO4/c16-13-3-1-2-9-6-10(4-5-12(9)13)18-8-11-7-15-14(17)19-11/h4-6,11,13,16H,1-3,7-8H2,(H,15,17). The van der Waals surface area contributed by atoms with Gasteiger partial charge in [0.1, 0.15) is 12.4 Å². The van der Waals surface area contributed by atoms with E-state index in [2.05, 4.69) is 5.32 Å². The van der Waals surface area contributed by atoms with Crippen LogP contribution in [-0.2, 0) is 11.2 Å². The van der Waals surface area contributed by atoms with Gasteiger partial charge in [0, 0.05) is 0 Å². The Hall–Kier alpha value is -1.75. The summed E-state index contributed by atoms with van der Waals surface area (Å²) in [7, 11) is 0. The molecule has 1 saturated heterocycles. The molecule has 1 heterocycles. The molecule has 5 heteroatoms. The van der Waals surface area contributed by atoms with Crippen LogP contribution in [0.25, 0.3) is 0 Å². The van der Waals surface area contributed by atoms with Gasteiger partial charge in [0.25, 0.3) is 0 Å². The van der Waals surface area contributed by atoms with E-state index in [1.165, 1.54) is 0 Å². The first-order valence-electron chi connectivity index (χ1n) is 6.60. The number of aliphatic hydroxyl groups is 1. The number of carbonyl (C=O) groups excluding carboxylic acids is 1. The van der Waals surface area contributed by atoms with Crippen LogP contribution in [-0.4, -0.2) is 30.5 Å². The summed E-state index contributed by atoms with van der Waals surface area (Å²) in [6.07, 6.45) is 1.84. The van der Waals surface area contributed by atoms with Crippen LogP contribution in [0.3, 0.4) is 0 Å². The lowest BCUT2D eigenvalue weighted by Gasteiger charge is -2.22. The summed E-state index contributed by atoms with van der Waals surface area (Å²) in [6.45, 7) is 0.836. The first-order chi connectivity index (χ1) is 9.22. The van der Waals surface area contributed by atoms with Gasteiger partial charge in [0.15, 0.2) is 6.10 Å². The molecule has 1 aromatic carbocycles. The molecule has 2 unspecified atom stereocenters. The van der Waals surface area contributed by atoms with Gasteiger partial charge in [-0.05, 0) is 42.5 Å². The molecule has 1 amide bonds. The Morgan fingerprint density at radius 2 is 2.37 bits per heavy atom. The molecule has 2 N–H and O–H groups in total. The van der Waals surface area contributed by atoms with Gasteiger partial charge in [-0.3, -0.25) is 0 Å². The van der Waals surface area contributed by atoms with Crippen LogP contribution in [0.1, 0.15) is 30.1 Å². The van der Waals surface area contributed by atoms with Gasteiger partial charge in [-0.2, -0.15) is 0 Å². The van der Waals surface area contributed by atoms with Crippen molar-refractivity contribution < 1.29 is 19.4 Å². The van der Waals surface area contributed by atoms with Crippen LogP contribution in [0.4, 0.5) is 4.79 Å². The second kappa shape index (κ2) is 5.09. The molecule has 0 aromatic heterocycles. The van der Waals surface area contributed by atoms with Crippen molar-refractivity contribution in [2.24, 2.45) is 0 Å².